The molecule has 10 heavy (non-hydrogen) atoms. The summed E-state index contributed by atoms with van der Waals surface area (Å²) in [4.78, 5) is 12.6. The van der Waals surface area contributed by atoms with Gasteiger partial charge in [-0.15, -0.1) is 0 Å². The van der Waals surface area contributed by atoms with E-state index in [-0.39, 0.29) is 17.4 Å². The van der Waals surface area contributed by atoms with Crippen molar-refractivity contribution in [1.82, 2.24) is 4.81 Å². The number of methoxy groups -OCH3 is 1. The van der Waals surface area contributed by atoms with Crippen molar-refractivity contribution in [3.63, 3.8) is 0 Å². The predicted octanol–water partition coefficient (Wildman–Crippen LogP) is -0.962. The molecule has 1 rings (SSSR count). The quantitative estimate of drug-likeness (QED) is 0.394. The maximum atomic E-state index is 11.0. The van der Waals surface area contributed by atoms with Crippen molar-refractivity contribution in [2.24, 2.45) is 0 Å². The van der Waals surface area contributed by atoms with Crippen LogP contribution in [0.3, 0.4) is 0 Å². The number of thiol groups is 1. The lowest BCUT2D eigenvalue weighted by Crippen LogP contribution is -2.32. The number of hydrogen-bond donors (Lipinski definition) is 1. The third kappa shape index (κ3) is 1.15. The highest BCUT2D eigenvalue weighted by atomic mass is 32.1. The molecular formula is C5H10BNO2S. The van der Waals surface area contributed by atoms with Crippen LogP contribution in [-0.2, 0) is 9.53 Å². The van der Waals surface area contributed by atoms with Gasteiger partial charge in [0.2, 0.25) is 13.9 Å². The molecule has 1 aliphatic rings. The van der Waals surface area contributed by atoms with E-state index in [1.165, 1.54) is 0 Å². The Hall–Kier alpha value is -0.155. The topological polar surface area (TPSA) is 29.5 Å². The molecule has 1 aliphatic heterocycles. The van der Waals surface area contributed by atoms with E-state index < -0.39 is 0 Å². The molecule has 2 unspecified atom stereocenters. The molecular weight excluding hydrogens is 149 g/mol. The smallest absolute Gasteiger partial charge is 0.225 e. The van der Waals surface area contributed by atoms with Gasteiger partial charge >= 0.3 is 0 Å². The lowest BCUT2D eigenvalue weighted by Gasteiger charge is -2.17. The molecule has 1 heterocycles. The molecule has 1 saturated heterocycles. The van der Waals surface area contributed by atoms with Crippen LogP contribution in [0.1, 0.15) is 6.42 Å². The van der Waals surface area contributed by atoms with Crippen molar-refractivity contribution < 1.29 is 9.53 Å². The molecule has 1 fully saturated rings. The second-order valence-corrected chi connectivity index (χ2v) is 3.01. The monoisotopic (exact) mass is 159 g/mol. The summed E-state index contributed by atoms with van der Waals surface area (Å²) in [7, 11) is 3.33. The van der Waals surface area contributed by atoms with E-state index in [1.54, 1.807) is 19.9 Å². The van der Waals surface area contributed by atoms with E-state index in [9.17, 15) is 4.79 Å². The summed E-state index contributed by atoms with van der Waals surface area (Å²) < 4.78 is 5.02. The minimum absolute atomic E-state index is 0.0511. The highest BCUT2D eigenvalue weighted by molar-refractivity contribution is 7.81. The number of carbonyl (C=O) groups is 1. The number of ether oxygens (including phenoxy) is 1. The summed E-state index contributed by atoms with van der Waals surface area (Å²) in [6.07, 6.45) is 0.615. The Bertz CT molecular complexity index is 155. The third-order valence-corrected chi connectivity index (χ3v) is 2.19. The molecule has 0 radical (unpaired) electrons. The second kappa shape index (κ2) is 2.84. The molecule has 0 aromatic heterocycles. The van der Waals surface area contributed by atoms with E-state index in [0.29, 0.717) is 6.42 Å². The molecule has 1 amide bonds. The van der Waals surface area contributed by atoms with E-state index in [4.69, 9.17) is 4.74 Å². The van der Waals surface area contributed by atoms with Crippen LogP contribution in [0.15, 0.2) is 0 Å². The minimum Gasteiger partial charge on any atom is -0.369 e. The average molecular weight is 159 g/mol. The Kier molecular flexibility index (Phi) is 2.26. The molecule has 2 atom stereocenters. The Morgan fingerprint density at radius 3 is 2.70 bits per heavy atom. The van der Waals surface area contributed by atoms with Gasteiger partial charge in [0, 0.05) is 13.5 Å². The second-order valence-electron chi connectivity index (χ2n) is 2.39. The zero-order valence-electron chi connectivity index (χ0n) is 6.07. The number of nitrogens with zero attached hydrogens (tertiary/aromatic N) is 1. The largest absolute Gasteiger partial charge is 0.369 e. The fraction of sp³-hybridized carbons (Fsp3) is 0.800. The fourth-order valence-corrected chi connectivity index (χ4v) is 1.44. The molecule has 56 valence electrons. The zero-order chi connectivity index (χ0) is 7.72. The number of hydrogen-bond acceptors (Lipinski definition) is 3. The molecule has 0 N–H and O–H groups in total. The molecule has 0 aromatic carbocycles. The van der Waals surface area contributed by atoms with Crippen LogP contribution >= 0.6 is 12.6 Å². The Morgan fingerprint density at radius 2 is 2.50 bits per heavy atom. The van der Waals surface area contributed by atoms with Gasteiger partial charge in [-0.2, -0.15) is 12.6 Å². The van der Waals surface area contributed by atoms with Gasteiger partial charge in [-0.3, -0.25) is 4.79 Å². The van der Waals surface area contributed by atoms with Crippen LogP contribution in [0, 0.1) is 0 Å². The van der Waals surface area contributed by atoms with Gasteiger partial charge in [0.05, 0.1) is 5.25 Å². The third-order valence-electron chi connectivity index (χ3n) is 1.76. The van der Waals surface area contributed by atoms with Crippen molar-refractivity contribution in [3.8, 4) is 0 Å². The van der Waals surface area contributed by atoms with Crippen LogP contribution in [0.5, 0.6) is 0 Å². The summed E-state index contributed by atoms with van der Waals surface area (Å²) in [6.45, 7) is 0. The first-order chi connectivity index (χ1) is 4.66. The number of rotatable bonds is 1. The van der Waals surface area contributed by atoms with Crippen molar-refractivity contribution in [1.29, 1.82) is 0 Å². The first kappa shape index (κ1) is 7.95. The van der Waals surface area contributed by atoms with Crippen LogP contribution in [0.2, 0.25) is 0 Å². The van der Waals surface area contributed by atoms with Gasteiger partial charge < -0.3 is 9.55 Å². The van der Waals surface area contributed by atoms with Gasteiger partial charge in [-0.25, -0.2) is 0 Å². The zero-order valence-corrected chi connectivity index (χ0v) is 6.97. The van der Waals surface area contributed by atoms with Gasteiger partial charge in [0.25, 0.3) is 0 Å². The number of amides is 1. The summed E-state index contributed by atoms with van der Waals surface area (Å²) >= 11 is 4.09. The molecule has 0 spiro atoms. The predicted molar refractivity (Wildman–Crippen MR) is 43.6 cm³/mol. The lowest BCUT2D eigenvalue weighted by molar-refractivity contribution is -0.127. The highest BCUT2D eigenvalue weighted by Gasteiger charge is 2.33. The van der Waals surface area contributed by atoms with Gasteiger partial charge in [-0.1, -0.05) is 0 Å². The van der Waals surface area contributed by atoms with E-state index in [1.807, 2.05) is 0 Å². The van der Waals surface area contributed by atoms with Gasteiger partial charge in [-0.05, 0) is 0 Å². The normalized spacial score (nSPS) is 33.4. The van der Waals surface area contributed by atoms with Crippen molar-refractivity contribution in [3.05, 3.63) is 0 Å². The van der Waals surface area contributed by atoms with Crippen molar-refractivity contribution in [2.75, 3.05) is 7.11 Å². The molecule has 0 aliphatic carbocycles. The van der Waals surface area contributed by atoms with Crippen LogP contribution in [0.4, 0.5) is 0 Å². The van der Waals surface area contributed by atoms with Crippen molar-refractivity contribution in [2.45, 2.75) is 17.9 Å². The maximum Gasteiger partial charge on any atom is 0.225 e. The maximum absolute atomic E-state index is 11.0. The first-order valence-electron chi connectivity index (χ1n) is 3.14. The highest BCUT2D eigenvalue weighted by Crippen LogP contribution is 2.20. The van der Waals surface area contributed by atoms with Crippen LogP contribution in [0.25, 0.3) is 0 Å². The lowest BCUT2D eigenvalue weighted by atomic mass is 10.3. The van der Waals surface area contributed by atoms with E-state index >= 15 is 0 Å². The minimum atomic E-state index is -0.171. The Balaban J connectivity index is 2.61. The molecule has 0 aromatic rings. The van der Waals surface area contributed by atoms with Crippen LogP contribution in [-0.4, -0.2) is 37.3 Å². The summed E-state index contributed by atoms with van der Waals surface area (Å²) in [5, 5.41) is -0.171. The summed E-state index contributed by atoms with van der Waals surface area (Å²) in [6, 6.07) is 0. The Labute approximate surface area is 66.6 Å². The fourth-order valence-electron chi connectivity index (χ4n) is 1.08. The molecule has 3 nitrogen and oxygen atoms in total. The first-order valence-corrected chi connectivity index (χ1v) is 3.66. The van der Waals surface area contributed by atoms with Gasteiger partial charge in [0.1, 0.15) is 6.23 Å². The van der Waals surface area contributed by atoms with E-state index in [2.05, 4.69) is 12.6 Å². The number of carbonyl (C=O) groups excluding carboxylic acids is 1. The van der Waals surface area contributed by atoms with Crippen LogP contribution < -0.4 is 0 Å². The molecule has 0 saturated carbocycles. The summed E-state index contributed by atoms with van der Waals surface area (Å²) in [5.74, 6) is 0.0511. The standard InChI is InChI=1S/C5H10BNO2S/c1-9-4-2-3(10)5(8)7(4)6/h3-4,10H,2,6H2,1H3. The molecule has 0 bridgehead atoms. The SMILES string of the molecule is BN1C(=O)C(S)CC1OC. The van der Waals surface area contributed by atoms with Crippen molar-refractivity contribution >= 4 is 26.5 Å². The van der Waals surface area contributed by atoms with Gasteiger partial charge in [0.15, 0.2) is 0 Å². The molecule has 5 heteroatoms. The average Bonchev–Trinajstić information content (AvgIpc) is 2.17. The van der Waals surface area contributed by atoms with E-state index in [0.717, 1.165) is 0 Å². The Morgan fingerprint density at radius 1 is 1.90 bits per heavy atom. The summed E-state index contributed by atoms with van der Waals surface area (Å²) in [5.41, 5.74) is 0.